The molecule has 5 heteroatoms. The summed E-state index contributed by atoms with van der Waals surface area (Å²) in [6, 6.07) is 9.83. The molecule has 0 aliphatic carbocycles. The number of carbonyl (C=O) groups excluding carboxylic acids is 1. The second kappa shape index (κ2) is 7.22. The Kier molecular flexibility index (Phi) is 4.85. The van der Waals surface area contributed by atoms with E-state index >= 15 is 0 Å². The lowest BCUT2D eigenvalue weighted by molar-refractivity contribution is -0.122. The zero-order valence-corrected chi connectivity index (χ0v) is 12.5. The van der Waals surface area contributed by atoms with Crippen LogP contribution in [0.5, 0.6) is 5.75 Å². The molecule has 2 heterocycles. The molecular weight excluding hydrogens is 278 g/mol. The highest BCUT2D eigenvalue weighted by Crippen LogP contribution is 2.22. The average molecular weight is 299 g/mol. The number of ether oxygens (including phenoxy) is 1. The lowest BCUT2D eigenvalue weighted by Gasteiger charge is -2.12. The summed E-state index contributed by atoms with van der Waals surface area (Å²) in [5, 5.41) is 7.21. The van der Waals surface area contributed by atoms with Crippen LogP contribution in [0.4, 0.5) is 0 Å². The van der Waals surface area contributed by atoms with Crippen molar-refractivity contribution in [1.82, 2.24) is 15.6 Å². The van der Waals surface area contributed by atoms with E-state index in [9.17, 15) is 4.79 Å². The number of rotatable bonds is 6. The number of hydrogen-bond acceptors (Lipinski definition) is 4. The first-order chi connectivity index (χ1) is 10.8. The van der Waals surface area contributed by atoms with Gasteiger partial charge in [0.2, 0.25) is 5.91 Å². The Morgan fingerprint density at radius 1 is 1.36 bits per heavy atom. The second-order valence-electron chi connectivity index (χ2n) is 5.47. The standard InChI is InChI=1S/C17H21N3O2/c21-17(14-7-3-9-18-14)20-11-4-12-22-15-8-1-5-13-6-2-10-19-16(13)15/h1-2,5-6,8,10,14,18H,3-4,7,9,11-12H2,(H,20,21)/t14-/m0/s1. The molecule has 0 spiro atoms. The largest absolute Gasteiger partial charge is 0.491 e. The number of hydrogen-bond donors (Lipinski definition) is 2. The number of amides is 1. The van der Waals surface area contributed by atoms with Gasteiger partial charge in [-0.05, 0) is 37.9 Å². The number of para-hydroxylation sites is 1. The zero-order chi connectivity index (χ0) is 15.2. The highest BCUT2D eigenvalue weighted by molar-refractivity contribution is 5.84. The molecular formula is C17H21N3O2. The van der Waals surface area contributed by atoms with E-state index in [4.69, 9.17) is 4.74 Å². The van der Waals surface area contributed by atoms with Crippen LogP contribution in [0.2, 0.25) is 0 Å². The minimum Gasteiger partial charge on any atom is -0.491 e. The van der Waals surface area contributed by atoms with E-state index in [2.05, 4.69) is 15.6 Å². The summed E-state index contributed by atoms with van der Waals surface area (Å²) in [6.45, 7) is 2.14. The van der Waals surface area contributed by atoms with E-state index in [1.807, 2.05) is 30.3 Å². The highest BCUT2D eigenvalue weighted by atomic mass is 16.5. The summed E-state index contributed by atoms with van der Waals surface area (Å²) in [5.74, 6) is 0.895. The van der Waals surface area contributed by atoms with Crippen LogP contribution in [0, 0.1) is 0 Å². The fourth-order valence-electron chi connectivity index (χ4n) is 2.69. The maximum atomic E-state index is 11.8. The van der Waals surface area contributed by atoms with Crippen molar-refractivity contribution < 1.29 is 9.53 Å². The predicted octanol–water partition coefficient (Wildman–Crippen LogP) is 1.87. The van der Waals surface area contributed by atoms with Crippen LogP contribution >= 0.6 is 0 Å². The highest BCUT2D eigenvalue weighted by Gasteiger charge is 2.21. The quantitative estimate of drug-likeness (QED) is 0.799. The third-order valence-corrected chi connectivity index (χ3v) is 3.85. The van der Waals surface area contributed by atoms with Crippen LogP contribution < -0.4 is 15.4 Å². The predicted molar refractivity (Wildman–Crippen MR) is 85.9 cm³/mol. The number of fused-ring (bicyclic) bond motifs is 1. The lowest BCUT2D eigenvalue weighted by atomic mass is 10.2. The van der Waals surface area contributed by atoms with Gasteiger partial charge in [-0.1, -0.05) is 18.2 Å². The van der Waals surface area contributed by atoms with Crippen molar-refractivity contribution in [2.24, 2.45) is 0 Å². The molecule has 1 aliphatic rings. The van der Waals surface area contributed by atoms with Crippen molar-refractivity contribution in [2.75, 3.05) is 19.7 Å². The third-order valence-electron chi connectivity index (χ3n) is 3.85. The van der Waals surface area contributed by atoms with Gasteiger partial charge in [-0.25, -0.2) is 0 Å². The molecule has 0 saturated carbocycles. The molecule has 1 atom stereocenters. The Morgan fingerprint density at radius 3 is 3.14 bits per heavy atom. The molecule has 1 fully saturated rings. The smallest absolute Gasteiger partial charge is 0.237 e. The second-order valence-corrected chi connectivity index (χ2v) is 5.47. The van der Waals surface area contributed by atoms with Gasteiger partial charge in [0.1, 0.15) is 11.3 Å². The molecule has 3 rings (SSSR count). The number of nitrogens with one attached hydrogen (secondary N) is 2. The number of benzene rings is 1. The van der Waals surface area contributed by atoms with Crippen molar-refractivity contribution in [3.63, 3.8) is 0 Å². The summed E-state index contributed by atoms with van der Waals surface area (Å²) in [5.41, 5.74) is 0.879. The van der Waals surface area contributed by atoms with E-state index in [-0.39, 0.29) is 11.9 Å². The van der Waals surface area contributed by atoms with E-state index in [1.54, 1.807) is 6.20 Å². The normalized spacial score (nSPS) is 17.5. The molecule has 116 valence electrons. The minimum absolute atomic E-state index is 0.0109. The van der Waals surface area contributed by atoms with Gasteiger partial charge >= 0.3 is 0 Å². The van der Waals surface area contributed by atoms with Crippen LogP contribution in [0.1, 0.15) is 19.3 Å². The molecule has 2 N–H and O–H groups in total. The Morgan fingerprint density at radius 2 is 2.27 bits per heavy atom. The van der Waals surface area contributed by atoms with Crippen LogP contribution in [0.25, 0.3) is 10.9 Å². The molecule has 1 saturated heterocycles. The van der Waals surface area contributed by atoms with Crippen molar-refractivity contribution in [1.29, 1.82) is 0 Å². The topological polar surface area (TPSA) is 63.2 Å². The SMILES string of the molecule is O=C(NCCCOc1cccc2cccnc12)[C@@H]1CCCN1. The maximum Gasteiger partial charge on any atom is 0.237 e. The van der Waals surface area contributed by atoms with Gasteiger partial charge in [0.25, 0.3) is 0 Å². The van der Waals surface area contributed by atoms with Gasteiger partial charge in [0, 0.05) is 18.1 Å². The van der Waals surface area contributed by atoms with Crippen molar-refractivity contribution >= 4 is 16.8 Å². The first kappa shape index (κ1) is 14.8. The van der Waals surface area contributed by atoms with Crippen molar-refractivity contribution in [3.05, 3.63) is 36.5 Å². The molecule has 1 aromatic carbocycles. The van der Waals surface area contributed by atoms with Crippen LogP contribution in [-0.4, -0.2) is 36.6 Å². The maximum absolute atomic E-state index is 11.8. The van der Waals surface area contributed by atoms with Crippen molar-refractivity contribution in [3.8, 4) is 5.75 Å². The van der Waals surface area contributed by atoms with Gasteiger partial charge in [-0.2, -0.15) is 0 Å². The van der Waals surface area contributed by atoms with Gasteiger partial charge in [0.05, 0.1) is 12.6 Å². The number of nitrogens with zero attached hydrogens (tertiary/aromatic N) is 1. The van der Waals surface area contributed by atoms with Crippen molar-refractivity contribution in [2.45, 2.75) is 25.3 Å². The average Bonchev–Trinajstić information content (AvgIpc) is 3.09. The van der Waals surface area contributed by atoms with E-state index in [0.717, 1.165) is 42.5 Å². The van der Waals surface area contributed by atoms with Gasteiger partial charge < -0.3 is 15.4 Å². The first-order valence-corrected chi connectivity index (χ1v) is 7.82. The third kappa shape index (κ3) is 3.54. The fraction of sp³-hybridized carbons (Fsp3) is 0.412. The molecule has 2 aromatic rings. The van der Waals surface area contributed by atoms with Crippen LogP contribution in [0.3, 0.4) is 0 Å². The Balaban J connectivity index is 1.43. The summed E-state index contributed by atoms with van der Waals surface area (Å²) < 4.78 is 5.80. The fourth-order valence-corrected chi connectivity index (χ4v) is 2.69. The molecule has 22 heavy (non-hydrogen) atoms. The van der Waals surface area contributed by atoms with E-state index < -0.39 is 0 Å². The molecule has 1 amide bonds. The molecule has 0 radical (unpaired) electrons. The van der Waals surface area contributed by atoms with Gasteiger partial charge in [0.15, 0.2) is 0 Å². The van der Waals surface area contributed by atoms with Gasteiger partial charge in [-0.15, -0.1) is 0 Å². The molecule has 0 unspecified atom stereocenters. The van der Waals surface area contributed by atoms with E-state index in [0.29, 0.717) is 13.2 Å². The van der Waals surface area contributed by atoms with E-state index in [1.165, 1.54) is 0 Å². The molecule has 5 nitrogen and oxygen atoms in total. The molecule has 1 aromatic heterocycles. The van der Waals surface area contributed by atoms with Gasteiger partial charge in [-0.3, -0.25) is 9.78 Å². The van der Waals surface area contributed by atoms with Crippen LogP contribution in [0.15, 0.2) is 36.5 Å². The number of aromatic nitrogens is 1. The monoisotopic (exact) mass is 299 g/mol. The first-order valence-electron chi connectivity index (χ1n) is 7.82. The Hall–Kier alpha value is -2.14. The Bertz CT molecular complexity index is 633. The molecule has 0 bridgehead atoms. The summed E-state index contributed by atoms with van der Waals surface area (Å²) in [6.07, 6.45) is 4.56. The Labute approximate surface area is 130 Å². The minimum atomic E-state index is -0.0109. The summed E-state index contributed by atoms with van der Waals surface area (Å²) in [7, 11) is 0. The van der Waals surface area contributed by atoms with Crippen LogP contribution in [-0.2, 0) is 4.79 Å². The number of pyridine rings is 1. The molecule has 1 aliphatic heterocycles. The zero-order valence-electron chi connectivity index (χ0n) is 12.5. The summed E-state index contributed by atoms with van der Waals surface area (Å²) >= 11 is 0. The summed E-state index contributed by atoms with van der Waals surface area (Å²) in [4.78, 5) is 16.2. The number of carbonyl (C=O) groups is 1. The lowest BCUT2D eigenvalue weighted by Crippen LogP contribution is -2.40.